The fourth-order valence-electron chi connectivity index (χ4n) is 2.71. The van der Waals surface area contributed by atoms with Gasteiger partial charge in [0.2, 0.25) is 0 Å². The largest absolute Gasteiger partial charge is 0.294 e. The van der Waals surface area contributed by atoms with E-state index in [0.29, 0.717) is 6.42 Å². The summed E-state index contributed by atoms with van der Waals surface area (Å²) in [5.74, 6) is 1.01. The summed E-state index contributed by atoms with van der Waals surface area (Å²) in [7, 11) is 0. The number of carbonyl (C=O) groups is 1. The van der Waals surface area contributed by atoms with Crippen LogP contribution >= 0.6 is 0 Å². The molecule has 2 aromatic heterocycles. The standard InChI is InChI=1S/C16H19N3O/c1-16(2,3)15-14-11(7-6-8-12(14)20)19(18-15)13-9-4-5-10-17-13/h4-5,9-10H,6-8H2,1-3H3. The van der Waals surface area contributed by atoms with Gasteiger partial charge < -0.3 is 0 Å². The van der Waals surface area contributed by atoms with E-state index >= 15 is 0 Å². The molecule has 0 atom stereocenters. The van der Waals surface area contributed by atoms with Gasteiger partial charge in [0.25, 0.3) is 0 Å². The highest BCUT2D eigenvalue weighted by molar-refractivity contribution is 5.99. The van der Waals surface area contributed by atoms with Crippen LogP contribution in [0.4, 0.5) is 0 Å². The second-order valence-corrected chi connectivity index (χ2v) is 6.30. The highest BCUT2D eigenvalue weighted by Crippen LogP contribution is 2.33. The number of rotatable bonds is 1. The topological polar surface area (TPSA) is 47.8 Å². The Balaban J connectivity index is 2.25. The molecule has 1 aliphatic carbocycles. The van der Waals surface area contributed by atoms with Crippen LogP contribution in [0.5, 0.6) is 0 Å². The number of nitrogens with zero attached hydrogens (tertiary/aromatic N) is 3. The number of Topliss-reactive ketones (excluding diaryl/α,β-unsaturated/α-hetero) is 1. The number of ketones is 1. The zero-order valence-electron chi connectivity index (χ0n) is 12.2. The molecule has 0 radical (unpaired) electrons. The van der Waals surface area contributed by atoms with Crippen molar-refractivity contribution in [3.8, 4) is 5.82 Å². The molecule has 0 N–H and O–H groups in total. The van der Waals surface area contributed by atoms with Crippen molar-refractivity contribution >= 4 is 5.78 Å². The summed E-state index contributed by atoms with van der Waals surface area (Å²) < 4.78 is 1.85. The van der Waals surface area contributed by atoms with Crippen LogP contribution in [-0.4, -0.2) is 20.5 Å². The Bertz CT molecular complexity index is 650. The van der Waals surface area contributed by atoms with Gasteiger partial charge in [0.1, 0.15) is 0 Å². The minimum absolute atomic E-state index is 0.142. The summed E-state index contributed by atoms with van der Waals surface area (Å²) >= 11 is 0. The molecule has 0 spiro atoms. The highest BCUT2D eigenvalue weighted by Gasteiger charge is 2.32. The molecule has 4 nitrogen and oxygen atoms in total. The molecule has 20 heavy (non-hydrogen) atoms. The summed E-state index contributed by atoms with van der Waals surface area (Å²) in [6, 6.07) is 5.76. The Kier molecular flexibility index (Phi) is 2.96. The van der Waals surface area contributed by atoms with Crippen molar-refractivity contribution in [2.24, 2.45) is 0 Å². The van der Waals surface area contributed by atoms with Crippen LogP contribution < -0.4 is 0 Å². The Labute approximate surface area is 118 Å². The van der Waals surface area contributed by atoms with Crippen LogP contribution in [0.25, 0.3) is 5.82 Å². The molecule has 0 fully saturated rings. The molecular weight excluding hydrogens is 250 g/mol. The van der Waals surface area contributed by atoms with Gasteiger partial charge in [-0.2, -0.15) is 5.10 Å². The minimum Gasteiger partial charge on any atom is -0.294 e. The summed E-state index contributed by atoms with van der Waals surface area (Å²) in [4.78, 5) is 16.7. The lowest BCUT2D eigenvalue weighted by atomic mass is 9.84. The lowest BCUT2D eigenvalue weighted by molar-refractivity contribution is 0.0970. The van der Waals surface area contributed by atoms with Crippen molar-refractivity contribution in [1.82, 2.24) is 14.8 Å². The van der Waals surface area contributed by atoms with Crippen LogP contribution in [0, 0.1) is 0 Å². The molecule has 1 aliphatic rings. The third-order valence-electron chi connectivity index (χ3n) is 3.65. The number of hydrogen-bond donors (Lipinski definition) is 0. The zero-order valence-corrected chi connectivity index (χ0v) is 12.2. The molecular formula is C16H19N3O. The highest BCUT2D eigenvalue weighted by atomic mass is 16.1. The Morgan fingerprint density at radius 3 is 2.65 bits per heavy atom. The van der Waals surface area contributed by atoms with E-state index in [-0.39, 0.29) is 11.2 Å². The predicted octanol–water partition coefficient (Wildman–Crippen LogP) is 3.08. The summed E-state index contributed by atoms with van der Waals surface area (Å²) in [5, 5.41) is 4.72. The van der Waals surface area contributed by atoms with Crippen molar-refractivity contribution in [1.29, 1.82) is 0 Å². The third kappa shape index (κ3) is 2.05. The third-order valence-corrected chi connectivity index (χ3v) is 3.65. The zero-order chi connectivity index (χ0) is 14.3. The van der Waals surface area contributed by atoms with Crippen molar-refractivity contribution in [3.05, 3.63) is 41.3 Å². The number of pyridine rings is 1. The Morgan fingerprint density at radius 2 is 2.00 bits per heavy atom. The molecule has 0 saturated heterocycles. The average Bonchev–Trinajstić information content (AvgIpc) is 2.81. The summed E-state index contributed by atoms with van der Waals surface area (Å²) in [5.41, 5.74) is 2.60. The van der Waals surface area contributed by atoms with E-state index in [4.69, 9.17) is 5.10 Å². The minimum atomic E-state index is -0.142. The maximum absolute atomic E-state index is 12.3. The van der Waals surface area contributed by atoms with Crippen LogP contribution in [0.2, 0.25) is 0 Å². The van der Waals surface area contributed by atoms with Gasteiger partial charge >= 0.3 is 0 Å². The van der Waals surface area contributed by atoms with E-state index in [0.717, 1.165) is 35.6 Å². The van der Waals surface area contributed by atoms with E-state index in [1.54, 1.807) is 6.20 Å². The van der Waals surface area contributed by atoms with Gasteiger partial charge in [-0.05, 0) is 25.0 Å². The quantitative estimate of drug-likeness (QED) is 0.799. The van der Waals surface area contributed by atoms with Crippen LogP contribution in [0.1, 0.15) is 55.4 Å². The first-order valence-corrected chi connectivity index (χ1v) is 7.05. The van der Waals surface area contributed by atoms with Crippen molar-refractivity contribution in [3.63, 3.8) is 0 Å². The lowest BCUT2D eigenvalue weighted by Crippen LogP contribution is -2.19. The van der Waals surface area contributed by atoms with Gasteiger partial charge in [0.05, 0.1) is 17.0 Å². The van der Waals surface area contributed by atoms with E-state index in [1.165, 1.54) is 0 Å². The first-order valence-electron chi connectivity index (χ1n) is 7.05. The van der Waals surface area contributed by atoms with Crippen molar-refractivity contribution in [2.45, 2.75) is 45.4 Å². The monoisotopic (exact) mass is 269 g/mol. The number of carbonyl (C=O) groups excluding carboxylic acids is 1. The lowest BCUT2D eigenvalue weighted by Gasteiger charge is -2.18. The molecule has 2 aromatic rings. The molecule has 0 amide bonds. The first-order chi connectivity index (χ1) is 9.48. The second kappa shape index (κ2) is 4.54. The maximum atomic E-state index is 12.3. The predicted molar refractivity (Wildman–Crippen MR) is 77.3 cm³/mol. The van der Waals surface area contributed by atoms with Crippen LogP contribution in [0.3, 0.4) is 0 Å². The van der Waals surface area contributed by atoms with E-state index < -0.39 is 0 Å². The Morgan fingerprint density at radius 1 is 1.20 bits per heavy atom. The van der Waals surface area contributed by atoms with Crippen molar-refractivity contribution < 1.29 is 4.79 Å². The molecule has 0 unspecified atom stereocenters. The maximum Gasteiger partial charge on any atom is 0.166 e. The fraction of sp³-hybridized carbons (Fsp3) is 0.438. The second-order valence-electron chi connectivity index (χ2n) is 6.30. The van der Waals surface area contributed by atoms with Gasteiger partial charge in [0.15, 0.2) is 11.6 Å². The van der Waals surface area contributed by atoms with Gasteiger partial charge in [-0.3, -0.25) is 4.79 Å². The molecule has 2 heterocycles. The summed E-state index contributed by atoms with van der Waals surface area (Å²) in [6.45, 7) is 6.29. The van der Waals surface area contributed by atoms with Crippen molar-refractivity contribution in [2.75, 3.05) is 0 Å². The van der Waals surface area contributed by atoms with E-state index in [1.807, 2.05) is 22.9 Å². The fourth-order valence-corrected chi connectivity index (χ4v) is 2.71. The van der Waals surface area contributed by atoms with E-state index in [9.17, 15) is 4.79 Å². The molecule has 0 aromatic carbocycles. The van der Waals surface area contributed by atoms with Gasteiger partial charge in [-0.1, -0.05) is 26.8 Å². The number of aromatic nitrogens is 3. The van der Waals surface area contributed by atoms with E-state index in [2.05, 4.69) is 25.8 Å². The van der Waals surface area contributed by atoms with Gasteiger partial charge in [0, 0.05) is 18.0 Å². The Hall–Kier alpha value is -1.97. The SMILES string of the molecule is CC(C)(C)c1nn(-c2ccccn2)c2c1C(=O)CCC2. The number of fused-ring (bicyclic) bond motifs is 1. The average molecular weight is 269 g/mol. The van der Waals surface area contributed by atoms with Gasteiger partial charge in [-0.15, -0.1) is 0 Å². The molecule has 104 valence electrons. The summed E-state index contributed by atoms with van der Waals surface area (Å²) in [6.07, 6.45) is 4.17. The van der Waals surface area contributed by atoms with Crippen LogP contribution in [0.15, 0.2) is 24.4 Å². The molecule has 3 rings (SSSR count). The van der Waals surface area contributed by atoms with Gasteiger partial charge in [-0.25, -0.2) is 9.67 Å². The smallest absolute Gasteiger partial charge is 0.166 e. The molecule has 0 bridgehead atoms. The molecule has 0 aliphatic heterocycles. The molecule has 0 saturated carbocycles. The number of hydrogen-bond acceptors (Lipinski definition) is 3. The van der Waals surface area contributed by atoms with Crippen LogP contribution in [-0.2, 0) is 11.8 Å². The first kappa shape index (κ1) is 13.0. The normalized spacial score (nSPS) is 15.2. The molecule has 4 heteroatoms.